The first kappa shape index (κ1) is 17.1. The van der Waals surface area contributed by atoms with Crippen molar-refractivity contribution in [3.63, 3.8) is 0 Å². The maximum Gasteiger partial charge on any atom is 0.416 e. The molecule has 0 aliphatic carbocycles. The van der Waals surface area contributed by atoms with Gasteiger partial charge in [0.05, 0.1) is 11.1 Å². The fourth-order valence-electron chi connectivity index (χ4n) is 1.64. The fourth-order valence-corrected chi connectivity index (χ4v) is 1.64. The molecule has 2 aromatic rings. The van der Waals surface area contributed by atoms with Crippen LogP contribution in [0.4, 0.5) is 26.3 Å². The fraction of sp³-hybridized carbons (Fsp3) is 0.385. The third kappa shape index (κ3) is 4.36. The first-order chi connectivity index (χ1) is 10.6. The Labute approximate surface area is 126 Å². The Morgan fingerprint density at radius 3 is 1.87 bits per heavy atom. The van der Waals surface area contributed by atoms with E-state index in [1.54, 1.807) is 6.92 Å². The van der Waals surface area contributed by atoms with Crippen LogP contribution in [0.25, 0.3) is 0 Å². The zero-order valence-corrected chi connectivity index (χ0v) is 11.6. The van der Waals surface area contributed by atoms with E-state index in [0.717, 1.165) is 0 Å². The van der Waals surface area contributed by atoms with Gasteiger partial charge in [-0.3, -0.25) is 0 Å². The van der Waals surface area contributed by atoms with Crippen molar-refractivity contribution < 1.29 is 35.5 Å². The SMILES string of the molecule is CCc1nnc(COc2cc(C(F)(F)F)cc(C(F)(F)F)c2)o1. The zero-order valence-electron chi connectivity index (χ0n) is 11.6. The minimum atomic E-state index is -4.93. The molecule has 0 saturated heterocycles. The summed E-state index contributed by atoms with van der Waals surface area (Å²) in [5, 5.41) is 7.16. The molecule has 0 N–H and O–H groups in total. The quantitative estimate of drug-likeness (QED) is 0.781. The summed E-state index contributed by atoms with van der Waals surface area (Å²) < 4.78 is 86.1. The number of nitrogens with zero attached hydrogens (tertiary/aromatic N) is 2. The Morgan fingerprint density at radius 2 is 1.43 bits per heavy atom. The number of rotatable bonds is 4. The van der Waals surface area contributed by atoms with E-state index in [-0.39, 0.29) is 17.8 Å². The number of hydrogen-bond donors (Lipinski definition) is 0. The van der Waals surface area contributed by atoms with E-state index in [0.29, 0.717) is 18.6 Å². The van der Waals surface area contributed by atoms with Crippen LogP contribution in [0.1, 0.15) is 29.8 Å². The number of alkyl halides is 6. The lowest BCUT2D eigenvalue weighted by Crippen LogP contribution is -2.11. The highest BCUT2D eigenvalue weighted by molar-refractivity contribution is 5.37. The van der Waals surface area contributed by atoms with Gasteiger partial charge in [0.2, 0.25) is 5.89 Å². The highest BCUT2D eigenvalue weighted by Crippen LogP contribution is 2.38. The Morgan fingerprint density at radius 1 is 0.913 bits per heavy atom. The van der Waals surface area contributed by atoms with Gasteiger partial charge in [0.25, 0.3) is 5.89 Å². The predicted molar refractivity (Wildman–Crippen MR) is 64.5 cm³/mol. The maximum atomic E-state index is 12.7. The summed E-state index contributed by atoms with van der Waals surface area (Å²) in [5.41, 5.74) is -2.91. The van der Waals surface area contributed by atoms with Gasteiger partial charge in [-0.2, -0.15) is 26.3 Å². The van der Waals surface area contributed by atoms with Crippen molar-refractivity contribution in [3.05, 3.63) is 41.1 Å². The molecule has 0 fully saturated rings. The van der Waals surface area contributed by atoms with Crippen LogP contribution in [0.15, 0.2) is 22.6 Å². The second kappa shape index (κ2) is 6.09. The molecule has 1 aromatic heterocycles. The Hall–Kier alpha value is -2.26. The second-order valence-electron chi connectivity index (χ2n) is 4.47. The molecule has 0 aliphatic heterocycles. The van der Waals surface area contributed by atoms with Crippen LogP contribution in [0, 0.1) is 0 Å². The molecule has 126 valence electrons. The van der Waals surface area contributed by atoms with Gasteiger partial charge in [-0.05, 0) is 18.2 Å². The van der Waals surface area contributed by atoms with E-state index in [4.69, 9.17) is 9.15 Å². The molecule has 2 rings (SSSR count). The van der Waals surface area contributed by atoms with E-state index in [2.05, 4.69) is 10.2 Å². The smallest absolute Gasteiger partial charge is 0.416 e. The summed E-state index contributed by atoms with van der Waals surface area (Å²) in [6, 6.07) is 0.980. The standard InChI is InChI=1S/C13H10F6N2O2/c1-2-10-20-21-11(23-10)6-22-9-4-7(12(14,15)16)3-8(5-9)13(17,18)19/h3-5H,2,6H2,1H3. The van der Waals surface area contributed by atoms with E-state index in [1.807, 2.05) is 0 Å². The maximum absolute atomic E-state index is 12.7. The summed E-state index contributed by atoms with van der Waals surface area (Å²) >= 11 is 0. The molecule has 10 heteroatoms. The largest absolute Gasteiger partial charge is 0.484 e. The molecule has 23 heavy (non-hydrogen) atoms. The van der Waals surface area contributed by atoms with Crippen molar-refractivity contribution in [1.29, 1.82) is 0 Å². The summed E-state index contributed by atoms with van der Waals surface area (Å²) in [6.07, 6.45) is -9.42. The monoisotopic (exact) mass is 340 g/mol. The Balaban J connectivity index is 2.26. The van der Waals surface area contributed by atoms with Crippen LogP contribution in [-0.2, 0) is 25.4 Å². The molecule has 0 aliphatic rings. The molecular formula is C13H10F6N2O2. The average Bonchev–Trinajstić information content (AvgIpc) is 2.91. The lowest BCUT2D eigenvalue weighted by atomic mass is 10.1. The molecule has 1 heterocycles. The van der Waals surface area contributed by atoms with Gasteiger partial charge >= 0.3 is 12.4 Å². The van der Waals surface area contributed by atoms with E-state index in [9.17, 15) is 26.3 Å². The highest BCUT2D eigenvalue weighted by Gasteiger charge is 2.37. The van der Waals surface area contributed by atoms with Gasteiger partial charge in [-0.25, -0.2) is 0 Å². The van der Waals surface area contributed by atoms with Crippen LogP contribution < -0.4 is 4.74 Å². The van der Waals surface area contributed by atoms with E-state index < -0.39 is 35.8 Å². The van der Waals surface area contributed by atoms with Gasteiger partial charge in [-0.15, -0.1) is 10.2 Å². The topological polar surface area (TPSA) is 48.2 Å². The van der Waals surface area contributed by atoms with Gasteiger partial charge in [0.15, 0.2) is 6.61 Å². The van der Waals surface area contributed by atoms with Crippen molar-refractivity contribution in [3.8, 4) is 5.75 Å². The van der Waals surface area contributed by atoms with Gasteiger partial charge in [0.1, 0.15) is 5.75 Å². The summed E-state index contributed by atoms with van der Waals surface area (Å²) in [7, 11) is 0. The Bertz CT molecular complexity index is 646. The molecular weight excluding hydrogens is 330 g/mol. The minimum Gasteiger partial charge on any atom is -0.484 e. The summed E-state index contributed by atoms with van der Waals surface area (Å²) in [4.78, 5) is 0. The first-order valence-electron chi connectivity index (χ1n) is 6.33. The Kier molecular flexibility index (Phi) is 4.53. The molecule has 4 nitrogen and oxygen atoms in total. The summed E-state index contributed by atoms with van der Waals surface area (Å²) in [5.74, 6) is -0.361. The molecule has 0 amide bonds. The van der Waals surface area contributed by atoms with Crippen molar-refractivity contribution in [2.45, 2.75) is 32.3 Å². The lowest BCUT2D eigenvalue weighted by molar-refractivity contribution is -0.143. The van der Waals surface area contributed by atoms with Gasteiger partial charge < -0.3 is 9.15 Å². The molecule has 0 radical (unpaired) electrons. The van der Waals surface area contributed by atoms with Crippen LogP contribution in [0.2, 0.25) is 0 Å². The number of hydrogen-bond acceptors (Lipinski definition) is 4. The van der Waals surface area contributed by atoms with Crippen LogP contribution in [-0.4, -0.2) is 10.2 Å². The molecule has 0 unspecified atom stereocenters. The highest BCUT2D eigenvalue weighted by atomic mass is 19.4. The summed E-state index contributed by atoms with van der Waals surface area (Å²) in [6.45, 7) is 1.30. The van der Waals surface area contributed by atoms with Gasteiger partial charge in [0, 0.05) is 6.42 Å². The molecule has 0 atom stereocenters. The van der Waals surface area contributed by atoms with Gasteiger partial charge in [-0.1, -0.05) is 6.92 Å². The average molecular weight is 340 g/mol. The normalized spacial score (nSPS) is 12.5. The van der Waals surface area contributed by atoms with Crippen molar-refractivity contribution in [1.82, 2.24) is 10.2 Å². The van der Waals surface area contributed by atoms with Crippen LogP contribution in [0.3, 0.4) is 0 Å². The number of aromatic nitrogens is 2. The van der Waals surface area contributed by atoms with Crippen LogP contribution in [0.5, 0.6) is 5.75 Å². The number of benzene rings is 1. The van der Waals surface area contributed by atoms with E-state index >= 15 is 0 Å². The number of ether oxygens (including phenoxy) is 1. The van der Waals surface area contributed by atoms with Crippen molar-refractivity contribution >= 4 is 0 Å². The molecule has 0 saturated carbocycles. The number of aryl methyl sites for hydroxylation is 1. The predicted octanol–water partition coefficient (Wildman–Crippen LogP) is 4.25. The lowest BCUT2D eigenvalue weighted by Gasteiger charge is -2.14. The minimum absolute atomic E-state index is 0.0226. The van der Waals surface area contributed by atoms with Crippen molar-refractivity contribution in [2.24, 2.45) is 0 Å². The zero-order chi connectivity index (χ0) is 17.3. The number of halogens is 6. The third-order valence-corrected chi connectivity index (χ3v) is 2.73. The molecule has 1 aromatic carbocycles. The molecule has 0 bridgehead atoms. The van der Waals surface area contributed by atoms with Crippen molar-refractivity contribution in [2.75, 3.05) is 0 Å². The first-order valence-corrected chi connectivity index (χ1v) is 6.33. The second-order valence-corrected chi connectivity index (χ2v) is 4.47. The molecule has 0 spiro atoms. The van der Waals surface area contributed by atoms with E-state index in [1.165, 1.54) is 0 Å². The van der Waals surface area contributed by atoms with Crippen LogP contribution >= 0.6 is 0 Å². The third-order valence-electron chi connectivity index (χ3n) is 2.73.